The van der Waals surface area contributed by atoms with Gasteiger partial charge in [0.2, 0.25) is 0 Å². The lowest BCUT2D eigenvalue weighted by Gasteiger charge is -2.18. The molecule has 7 heteroatoms. The molecular weight excluding hydrogens is 299 g/mol. The van der Waals surface area contributed by atoms with Crippen LogP contribution < -0.4 is 11.1 Å². The molecule has 3 N–H and O–H groups in total. The van der Waals surface area contributed by atoms with Crippen LogP contribution in [0.15, 0.2) is 24.4 Å². The van der Waals surface area contributed by atoms with Gasteiger partial charge >= 0.3 is 6.18 Å². The minimum atomic E-state index is -4.45. The van der Waals surface area contributed by atoms with Crippen LogP contribution in [-0.4, -0.2) is 4.98 Å². The summed E-state index contributed by atoms with van der Waals surface area (Å²) in [6, 6.07) is 3.43. The molecule has 1 unspecified atom stereocenters. The molecule has 1 aromatic carbocycles. The Hall–Kier alpha value is -1.76. The molecule has 114 valence electrons. The largest absolute Gasteiger partial charge is 0.418 e. The highest BCUT2D eigenvalue weighted by molar-refractivity contribution is 7.11. The number of alkyl halides is 3. The van der Waals surface area contributed by atoms with Crippen molar-refractivity contribution in [1.29, 1.82) is 0 Å². The van der Waals surface area contributed by atoms with Gasteiger partial charge in [-0.15, -0.1) is 11.3 Å². The van der Waals surface area contributed by atoms with Crippen LogP contribution in [0.25, 0.3) is 0 Å². The number of aryl methyl sites for hydroxylation is 1. The zero-order valence-corrected chi connectivity index (χ0v) is 12.5. The van der Waals surface area contributed by atoms with Crippen LogP contribution in [0.5, 0.6) is 0 Å². The van der Waals surface area contributed by atoms with Gasteiger partial charge in [0, 0.05) is 22.4 Å². The van der Waals surface area contributed by atoms with Gasteiger partial charge in [-0.1, -0.05) is 6.92 Å². The lowest BCUT2D eigenvalue weighted by Crippen LogP contribution is -2.13. The van der Waals surface area contributed by atoms with Gasteiger partial charge in [-0.05, 0) is 31.5 Å². The average molecular weight is 315 g/mol. The predicted molar refractivity (Wildman–Crippen MR) is 79.4 cm³/mol. The van der Waals surface area contributed by atoms with E-state index in [2.05, 4.69) is 10.3 Å². The Bertz CT molecular complexity index is 622. The van der Waals surface area contributed by atoms with E-state index < -0.39 is 11.7 Å². The number of nitrogens with two attached hydrogens (primary N) is 1. The predicted octanol–water partition coefficient (Wildman–Crippen LogP) is 4.48. The standard InChI is InChI=1S/C14H16F3N3S/c1-3-10-7-19-13(21-10)8(2)20-12-5-4-9(18)6-11(12)14(15,16)17/h4-8,20H,3,18H2,1-2H3. The maximum absolute atomic E-state index is 13.0. The molecule has 21 heavy (non-hydrogen) atoms. The van der Waals surface area contributed by atoms with Gasteiger partial charge in [0.1, 0.15) is 5.01 Å². The summed E-state index contributed by atoms with van der Waals surface area (Å²) < 4.78 is 39.1. The molecule has 0 aliphatic rings. The smallest absolute Gasteiger partial charge is 0.399 e. The first-order valence-corrected chi connectivity index (χ1v) is 7.30. The fourth-order valence-corrected chi connectivity index (χ4v) is 2.76. The summed E-state index contributed by atoms with van der Waals surface area (Å²) in [6.45, 7) is 3.80. The summed E-state index contributed by atoms with van der Waals surface area (Å²) in [6.07, 6.45) is -1.83. The summed E-state index contributed by atoms with van der Waals surface area (Å²) in [7, 11) is 0. The van der Waals surface area contributed by atoms with Crippen molar-refractivity contribution >= 4 is 22.7 Å². The third-order valence-corrected chi connectivity index (χ3v) is 4.34. The summed E-state index contributed by atoms with van der Waals surface area (Å²) in [4.78, 5) is 5.35. The number of benzene rings is 1. The zero-order chi connectivity index (χ0) is 15.6. The third-order valence-electron chi connectivity index (χ3n) is 3.01. The SMILES string of the molecule is CCc1cnc(C(C)Nc2ccc(N)cc2C(F)(F)F)s1. The van der Waals surface area contributed by atoms with E-state index in [0.717, 1.165) is 22.4 Å². The van der Waals surface area contributed by atoms with Crippen molar-refractivity contribution in [3.8, 4) is 0 Å². The van der Waals surface area contributed by atoms with Crippen LogP contribution in [0, 0.1) is 0 Å². The van der Waals surface area contributed by atoms with Crippen LogP contribution in [0.1, 0.15) is 35.3 Å². The molecule has 1 atom stereocenters. The summed E-state index contributed by atoms with van der Waals surface area (Å²) in [5.41, 5.74) is 4.78. The summed E-state index contributed by atoms with van der Waals surface area (Å²) >= 11 is 1.50. The molecule has 0 saturated heterocycles. The first-order valence-electron chi connectivity index (χ1n) is 6.49. The molecule has 1 aromatic heterocycles. The number of nitrogens with zero attached hydrogens (tertiary/aromatic N) is 1. The Morgan fingerprint density at radius 2 is 2.10 bits per heavy atom. The first kappa shape index (κ1) is 15.6. The average Bonchev–Trinajstić information content (AvgIpc) is 2.88. The molecule has 2 aromatic rings. The normalized spacial score (nSPS) is 13.2. The Morgan fingerprint density at radius 1 is 1.38 bits per heavy atom. The van der Waals surface area contributed by atoms with Gasteiger partial charge in [-0.3, -0.25) is 0 Å². The van der Waals surface area contributed by atoms with E-state index in [1.54, 1.807) is 13.1 Å². The molecule has 0 aliphatic carbocycles. The van der Waals surface area contributed by atoms with Gasteiger partial charge in [0.25, 0.3) is 0 Å². The van der Waals surface area contributed by atoms with Crippen LogP contribution in [0.3, 0.4) is 0 Å². The van der Waals surface area contributed by atoms with E-state index in [9.17, 15) is 13.2 Å². The summed E-state index contributed by atoms with van der Waals surface area (Å²) in [5, 5.41) is 3.63. The van der Waals surface area contributed by atoms with Crippen molar-refractivity contribution in [1.82, 2.24) is 4.98 Å². The lowest BCUT2D eigenvalue weighted by atomic mass is 10.1. The molecule has 2 rings (SSSR count). The van der Waals surface area contributed by atoms with Crippen molar-refractivity contribution in [2.45, 2.75) is 32.5 Å². The quantitative estimate of drug-likeness (QED) is 0.818. The molecule has 0 amide bonds. The van der Waals surface area contributed by atoms with Crippen molar-refractivity contribution in [3.63, 3.8) is 0 Å². The third kappa shape index (κ3) is 3.66. The van der Waals surface area contributed by atoms with E-state index in [4.69, 9.17) is 5.73 Å². The minimum absolute atomic E-state index is 0.0115. The second-order valence-electron chi connectivity index (χ2n) is 4.69. The van der Waals surface area contributed by atoms with Crippen molar-refractivity contribution in [3.05, 3.63) is 39.8 Å². The van der Waals surface area contributed by atoms with E-state index in [1.807, 2.05) is 6.92 Å². The molecule has 0 saturated carbocycles. The Morgan fingerprint density at radius 3 is 2.67 bits per heavy atom. The van der Waals surface area contributed by atoms with Gasteiger partial charge in [0.15, 0.2) is 0 Å². The number of halogens is 3. The van der Waals surface area contributed by atoms with E-state index in [-0.39, 0.29) is 17.4 Å². The number of nitrogen functional groups attached to an aromatic ring is 1. The van der Waals surface area contributed by atoms with Gasteiger partial charge in [0.05, 0.1) is 11.6 Å². The van der Waals surface area contributed by atoms with Crippen molar-refractivity contribution in [2.24, 2.45) is 0 Å². The number of thiazole rings is 1. The highest BCUT2D eigenvalue weighted by Crippen LogP contribution is 2.37. The number of aromatic nitrogens is 1. The van der Waals surface area contributed by atoms with Crippen LogP contribution in [0.4, 0.5) is 24.5 Å². The molecule has 0 aliphatic heterocycles. The number of anilines is 2. The topological polar surface area (TPSA) is 50.9 Å². The van der Waals surface area contributed by atoms with E-state index >= 15 is 0 Å². The molecule has 1 heterocycles. The minimum Gasteiger partial charge on any atom is -0.399 e. The molecular formula is C14H16F3N3S. The molecule has 0 radical (unpaired) electrons. The van der Waals surface area contributed by atoms with Crippen molar-refractivity contribution < 1.29 is 13.2 Å². The first-order chi connectivity index (χ1) is 9.81. The Kier molecular flexibility index (Phi) is 4.41. The zero-order valence-electron chi connectivity index (χ0n) is 11.7. The fourth-order valence-electron chi connectivity index (χ4n) is 1.90. The number of hydrogen-bond donors (Lipinski definition) is 2. The second kappa shape index (κ2) is 5.93. The van der Waals surface area contributed by atoms with E-state index in [0.29, 0.717) is 0 Å². The monoisotopic (exact) mass is 315 g/mol. The van der Waals surface area contributed by atoms with Crippen LogP contribution in [-0.2, 0) is 12.6 Å². The number of hydrogen-bond acceptors (Lipinski definition) is 4. The van der Waals surface area contributed by atoms with Crippen LogP contribution >= 0.6 is 11.3 Å². The molecule has 3 nitrogen and oxygen atoms in total. The van der Waals surface area contributed by atoms with Gasteiger partial charge in [-0.2, -0.15) is 13.2 Å². The summed E-state index contributed by atoms with van der Waals surface area (Å²) in [5.74, 6) is 0. The lowest BCUT2D eigenvalue weighted by molar-refractivity contribution is -0.136. The second-order valence-corrected chi connectivity index (χ2v) is 5.83. The van der Waals surface area contributed by atoms with Crippen LogP contribution in [0.2, 0.25) is 0 Å². The highest BCUT2D eigenvalue weighted by atomic mass is 32.1. The Balaban J connectivity index is 2.26. The van der Waals surface area contributed by atoms with Crippen molar-refractivity contribution in [2.75, 3.05) is 11.1 Å². The van der Waals surface area contributed by atoms with Gasteiger partial charge < -0.3 is 11.1 Å². The Labute approximate surface area is 125 Å². The van der Waals surface area contributed by atoms with E-state index in [1.165, 1.54) is 23.5 Å². The maximum atomic E-state index is 13.0. The molecule has 0 bridgehead atoms. The molecule has 0 fully saturated rings. The number of nitrogens with one attached hydrogen (secondary N) is 1. The highest BCUT2D eigenvalue weighted by Gasteiger charge is 2.34. The maximum Gasteiger partial charge on any atom is 0.418 e. The number of rotatable bonds is 4. The van der Waals surface area contributed by atoms with Gasteiger partial charge in [-0.25, -0.2) is 4.98 Å². The fraction of sp³-hybridized carbons (Fsp3) is 0.357. The molecule has 0 spiro atoms.